The SMILES string of the molecule is COc1ccc(S(=O)(=O)Nc2nc(C)c(C(=O)NCc3ccc4c(c3)OCO4)s2)cc1. The monoisotopic (exact) mass is 461 g/mol. The molecule has 9 nitrogen and oxygen atoms in total. The first-order valence-electron chi connectivity index (χ1n) is 9.17. The number of anilines is 1. The van der Waals surface area contributed by atoms with Gasteiger partial charge >= 0.3 is 0 Å². The number of hydrogen-bond donors (Lipinski definition) is 2. The van der Waals surface area contributed by atoms with Gasteiger partial charge in [-0.25, -0.2) is 13.4 Å². The Labute approximate surface area is 183 Å². The fourth-order valence-corrected chi connectivity index (χ4v) is 5.01. The predicted molar refractivity (Wildman–Crippen MR) is 114 cm³/mol. The molecule has 0 radical (unpaired) electrons. The molecule has 2 heterocycles. The lowest BCUT2D eigenvalue weighted by molar-refractivity contribution is 0.0954. The molecular weight excluding hydrogens is 442 g/mol. The van der Waals surface area contributed by atoms with Crippen molar-refractivity contribution in [1.29, 1.82) is 0 Å². The lowest BCUT2D eigenvalue weighted by Crippen LogP contribution is -2.22. The summed E-state index contributed by atoms with van der Waals surface area (Å²) in [6, 6.07) is 11.4. The number of fused-ring (bicyclic) bond motifs is 1. The van der Waals surface area contributed by atoms with E-state index >= 15 is 0 Å². The Bertz CT molecular complexity index is 1220. The summed E-state index contributed by atoms with van der Waals surface area (Å²) in [6.07, 6.45) is 0. The van der Waals surface area contributed by atoms with Crippen LogP contribution in [0.3, 0.4) is 0 Å². The van der Waals surface area contributed by atoms with Crippen LogP contribution in [-0.2, 0) is 16.6 Å². The van der Waals surface area contributed by atoms with Crippen LogP contribution >= 0.6 is 11.3 Å². The topological polar surface area (TPSA) is 116 Å². The fourth-order valence-electron chi connectivity index (χ4n) is 2.89. The molecule has 1 aromatic heterocycles. The van der Waals surface area contributed by atoms with Gasteiger partial charge in [-0.2, -0.15) is 0 Å². The van der Waals surface area contributed by atoms with Crippen molar-refractivity contribution in [2.24, 2.45) is 0 Å². The Morgan fingerprint density at radius 1 is 1.16 bits per heavy atom. The van der Waals surface area contributed by atoms with Crippen LogP contribution in [0, 0.1) is 6.92 Å². The number of ether oxygens (including phenoxy) is 3. The molecule has 0 saturated heterocycles. The van der Waals surface area contributed by atoms with E-state index in [0.717, 1.165) is 16.9 Å². The summed E-state index contributed by atoms with van der Waals surface area (Å²) in [7, 11) is -2.34. The van der Waals surface area contributed by atoms with Crippen molar-refractivity contribution in [2.45, 2.75) is 18.4 Å². The van der Waals surface area contributed by atoms with E-state index in [4.69, 9.17) is 14.2 Å². The smallest absolute Gasteiger partial charge is 0.263 e. The second kappa shape index (κ2) is 8.44. The third kappa shape index (κ3) is 4.57. The molecule has 162 valence electrons. The highest BCUT2D eigenvalue weighted by atomic mass is 32.2. The first-order valence-corrected chi connectivity index (χ1v) is 11.5. The van der Waals surface area contributed by atoms with E-state index < -0.39 is 10.0 Å². The van der Waals surface area contributed by atoms with Crippen LogP contribution < -0.4 is 24.2 Å². The van der Waals surface area contributed by atoms with Gasteiger partial charge in [-0.05, 0) is 48.9 Å². The molecule has 11 heteroatoms. The Hall–Kier alpha value is -3.31. The predicted octanol–water partition coefficient (Wildman–Crippen LogP) is 2.92. The number of methoxy groups -OCH3 is 1. The summed E-state index contributed by atoms with van der Waals surface area (Å²) < 4.78 is 43.2. The first kappa shape index (κ1) is 20.9. The van der Waals surface area contributed by atoms with E-state index in [0.29, 0.717) is 27.8 Å². The van der Waals surface area contributed by atoms with E-state index in [1.165, 1.54) is 19.2 Å². The molecule has 2 aromatic carbocycles. The van der Waals surface area contributed by atoms with Crippen LogP contribution in [0.25, 0.3) is 0 Å². The van der Waals surface area contributed by atoms with Gasteiger partial charge in [0, 0.05) is 6.54 Å². The van der Waals surface area contributed by atoms with Crippen molar-refractivity contribution in [1.82, 2.24) is 10.3 Å². The molecule has 31 heavy (non-hydrogen) atoms. The van der Waals surface area contributed by atoms with E-state index in [-0.39, 0.29) is 29.3 Å². The van der Waals surface area contributed by atoms with Gasteiger partial charge in [-0.3, -0.25) is 9.52 Å². The number of sulfonamides is 1. The van der Waals surface area contributed by atoms with Crippen molar-refractivity contribution < 1.29 is 27.4 Å². The normalized spacial score (nSPS) is 12.5. The van der Waals surface area contributed by atoms with Gasteiger partial charge in [-0.15, -0.1) is 0 Å². The van der Waals surface area contributed by atoms with E-state index in [1.54, 1.807) is 31.2 Å². The number of aryl methyl sites for hydroxylation is 1. The van der Waals surface area contributed by atoms with Crippen molar-refractivity contribution in [3.63, 3.8) is 0 Å². The van der Waals surface area contributed by atoms with E-state index in [2.05, 4.69) is 15.0 Å². The average molecular weight is 462 g/mol. The van der Waals surface area contributed by atoms with Crippen LogP contribution in [-0.4, -0.2) is 33.2 Å². The Kier molecular flexibility index (Phi) is 5.70. The second-order valence-corrected chi connectivity index (χ2v) is 9.27. The van der Waals surface area contributed by atoms with Gasteiger partial charge in [0.15, 0.2) is 16.6 Å². The first-order chi connectivity index (χ1) is 14.9. The van der Waals surface area contributed by atoms with Gasteiger partial charge in [0.1, 0.15) is 10.6 Å². The number of carbonyl (C=O) groups excluding carboxylic acids is 1. The number of thiazole rings is 1. The minimum absolute atomic E-state index is 0.0648. The summed E-state index contributed by atoms with van der Waals surface area (Å²) in [5.41, 5.74) is 1.28. The minimum atomic E-state index is -3.84. The molecule has 0 unspecified atom stereocenters. The van der Waals surface area contributed by atoms with Crippen LogP contribution in [0.1, 0.15) is 20.9 Å². The van der Waals surface area contributed by atoms with Gasteiger partial charge in [0.25, 0.3) is 15.9 Å². The van der Waals surface area contributed by atoms with Crippen LogP contribution in [0.5, 0.6) is 17.2 Å². The third-order valence-corrected chi connectivity index (χ3v) is 7.04. The average Bonchev–Trinajstić information content (AvgIpc) is 3.37. The van der Waals surface area contributed by atoms with Gasteiger partial charge < -0.3 is 19.5 Å². The summed E-state index contributed by atoms with van der Waals surface area (Å²) in [6.45, 7) is 2.11. The molecule has 2 N–H and O–H groups in total. The number of amides is 1. The Morgan fingerprint density at radius 2 is 1.90 bits per heavy atom. The van der Waals surface area contributed by atoms with E-state index in [9.17, 15) is 13.2 Å². The number of carbonyl (C=O) groups is 1. The lowest BCUT2D eigenvalue weighted by atomic mass is 10.2. The number of aromatic nitrogens is 1. The molecular formula is C20H19N3O6S2. The molecule has 1 amide bonds. The quantitative estimate of drug-likeness (QED) is 0.556. The third-order valence-electron chi connectivity index (χ3n) is 4.48. The van der Waals surface area contributed by atoms with Gasteiger partial charge in [0.2, 0.25) is 6.79 Å². The zero-order chi connectivity index (χ0) is 22.0. The van der Waals surface area contributed by atoms with Crippen molar-refractivity contribution >= 4 is 32.4 Å². The molecule has 0 bridgehead atoms. The molecule has 0 saturated carbocycles. The molecule has 0 aliphatic carbocycles. The maximum Gasteiger partial charge on any atom is 0.263 e. The second-order valence-electron chi connectivity index (χ2n) is 6.58. The maximum absolute atomic E-state index is 12.6. The molecule has 3 aromatic rings. The summed E-state index contributed by atoms with van der Waals surface area (Å²) >= 11 is 0.969. The fraction of sp³-hybridized carbons (Fsp3) is 0.200. The standard InChI is InChI=1S/C20H19N3O6S2/c1-12-18(19(24)21-10-13-3-8-16-17(9-13)29-11-28-16)30-20(22-12)23-31(25,26)15-6-4-14(27-2)5-7-15/h3-9H,10-11H2,1-2H3,(H,21,24)(H,22,23). The molecule has 0 spiro atoms. The Morgan fingerprint density at radius 3 is 2.65 bits per heavy atom. The molecule has 0 atom stereocenters. The number of benzene rings is 2. The zero-order valence-corrected chi connectivity index (χ0v) is 18.3. The molecule has 4 rings (SSSR count). The molecule has 1 aliphatic heterocycles. The highest BCUT2D eigenvalue weighted by Gasteiger charge is 2.21. The van der Waals surface area contributed by atoms with Gasteiger partial charge in [0.05, 0.1) is 17.7 Å². The van der Waals surface area contributed by atoms with Crippen molar-refractivity contribution in [3.8, 4) is 17.2 Å². The molecule has 0 fully saturated rings. The Balaban J connectivity index is 1.43. The zero-order valence-electron chi connectivity index (χ0n) is 16.7. The van der Waals surface area contributed by atoms with Gasteiger partial charge in [-0.1, -0.05) is 17.4 Å². The number of nitrogens with zero attached hydrogens (tertiary/aromatic N) is 1. The summed E-state index contributed by atoms with van der Waals surface area (Å²) in [5, 5.41) is 2.92. The van der Waals surface area contributed by atoms with Crippen LogP contribution in [0.4, 0.5) is 5.13 Å². The highest BCUT2D eigenvalue weighted by Crippen LogP contribution is 2.32. The van der Waals surface area contributed by atoms with Crippen molar-refractivity contribution in [3.05, 3.63) is 58.6 Å². The summed E-state index contributed by atoms with van der Waals surface area (Å²) in [5.74, 6) is 1.51. The molecule has 1 aliphatic rings. The van der Waals surface area contributed by atoms with Crippen LogP contribution in [0.15, 0.2) is 47.4 Å². The minimum Gasteiger partial charge on any atom is -0.497 e. The highest BCUT2D eigenvalue weighted by molar-refractivity contribution is 7.93. The number of nitrogens with one attached hydrogen (secondary N) is 2. The summed E-state index contributed by atoms with van der Waals surface area (Å²) in [4.78, 5) is 17.2. The van der Waals surface area contributed by atoms with Crippen LogP contribution in [0.2, 0.25) is 0 Å². The largest absolute Gasteiger partial charge is 0.497 e. The van der Waals surface area contributed by atoms with E-state index in [1.807, 2.05) is 6.07 Å². The number of rotatable bonds is 7. The lowest BCUT2D eigenvalue weighted by Gasteiger charge is -2.06. The number of hydrogen-bond acceptors (Lipinski definition) is 8. The maximum atomic E-state index is 12.6. The van der Waals surface area contributed by atoms with Crippen molar-refractivity contribution in [2.75, 3.05) is 18.6 Å².